The summed E-state index contributed by atoms with van der Waals surface area (Å²) in [6.07, 6.45) is 0.891. The van der Waals surface area contributed by atoms with Crippen molar-refractivity contribution in [2.45, 2.75) is 18.1 Å². The fourth-order valence-corrected chi connectivity index (χ4v) is 4.41. The number of nitrogens with zero attached hydrogens (tertiary/aromatic N) is 2. The number of hydrogen-bond donors (Lipinski definition) is 1. The first-order valence-electron chi connectivity index (χ1n) is 9.37. The quantitative estimate of drug-likeness (QED) is 0.662. The predicted octanol–water partition coefficient (Wildman–Crippen LogP) is 3.86. The maximum Gasteiger partial charge on any atom is 0.240 e. The van der Waals surface area contributed by atoms with Crippen molar-refractivity contribution in [2.24, 2.45) is 0 Å². The number of benzene rings is 2. The first kappa shape index (κ1) is 19.4. The van der Waals surface area contributed by atoms with Crippen LogP contribution in [0.25, 0.3) is 11.3 Å². The molecule has 0 radical (unpaired) electrons. The zero-order chi connectivity index (χ0) is 20.1. The first-order valence-corrected chi connectivity index (χ1v) is 10.9. The maximum atomic E-state index is 12.8. The zero-order valence-electron chi connectivity index (χ0n) is 15.7. The highest BCUT2D eigenvalue weighted by Crippen LogP contribution is 2.27. The summed E-state index contributed by atoms with van der Waals surface area (Å²) >= 11 is 0. The van der Waals surface area contributed by atoms with E-state index in [1.807, 2.05) is 48.5 Å². The van der Waals surface area contributed by atoms with Crippen LogP contribution in [0.2, 0.25) is 0 Å². The van der Waals surface area contributed by atoms with Gasteiger partial charge in [-0.1, -0.05) is 48.5 Å². The topological polar surface area (TPSA) is 90.4 Å². The van der Waals surface area contributed by atoms with Crippen LogP contribution in [0.5, 0.6) is 11.6 Å². The standard InChI is InChI=1S/C21H21N3O4S/c25-29(26,18-11-13-27-14-12-18)24-21-22-19(16-7-3-1-4-8-16)15-20(23-21)28-17-9-5-2-6-10-17/h1-10,15,18H,11-14H2,(H,22,23,24). The Balaban J connectivity index is 1.67. The molecule has 2 aromatic carbocycles. The molecule has 0 aliphatic carbocycles. The van der Waals surface area contributed by atoms with Crippen LogP contribution in [0.4, 0.5) is 5.95 Å². The summed E-state index contributed by atoms with van der Waals surface area (Å²) in [7, 11) is -3.64. The Bertz CT molecular complexity index is 1050. The lowest BCUT2D eigenvalue weighted by Crippen LogP contribution is -2.33. The summed E-state index contributed by atoms with van der Waals surface area (Å²) in [5.41, 5.74) is 1.40. The van der Waals surface area contributed by atoms with Gasteiger partial charge in [-0.2, -0.15) is 4.98 Å². The van der Waals surface area contributed by atoms with Crippen molar-refractivity contribution < 1.29 is 17.9 Å². The summed E-state index contributed by atoms with van der Waals surface area (Å²) in [5, 5.41) is -0.529. The van der Waals surface area contributed by atoms with E-state index in [4.69, 9.17) is 9.47 Å². The number of anilines is 1. The lowest BCUT2D eigenvalue weighted by molar-refractivity contribution is 0.0984. The van der Waals surface area contributed by atoms with Gasteiger partial charge in [-0.05, 0) is 25.0 Å². The van der Waals surface area contributed by atoms with Crippen LogP contribution in [0.15, 0.2) is 66.7 Å². The van der Waals surface area contributed by atoms with Crippen LogP contribution in [0.3, 0.4) is 0 Å². The van der Waals surface area contributed by atoms with Crippen LogP contribution in [-0.2, 0) is 14.8 Å². The van der Waals surface area contributed by atoms with Gasteiger partial charge in [0, 0.05) is 24.8 Å². The van der Waals surface area contributed by atoms with Crippen molar-refractivity contribution in [2.75, 3.05) is 17.9 Å². The normalized spacial score (nSPS) is 15.0. The Morgan fingerprint density at radius 1 is 0.931 bits per heavy atom. The van der Waals surface area contributed by atoms with Crippen molar-refractivity contribution in [3.8, 4) is 22.9 Å². The largest absolute Gasteiger partial charge is 0.439 e. The van der Waals surface area contributed by atoms with Crippen LogP contribution >= 0.6 is 0 Å². The van der Waals surface area contributed by atoms with E-state index in [2.05, 4.69) is 14.7 Å². The highest BCUT2D eigenvalue weighted by molar-refractivity contribution is 7.93. The van der Waals surface area contributed by atoms with Gasteiger partial charge in [0.1, 0.15) is 5.75 Å². The second kappa shape index (κ2) is 8.59. The molecule has 4 rings (SSSR count). The molecule has 0 atom stereocenters. The molecule has 3 aromatic rings. The summed E-state index contributed by atoms with van der Waals surface area (Å²) < 4.78 is 39.2. The number of nitrogens with one attached hydrogen (secondary N) is 1. The van der Waals surface area contributed by atoms with E-state index in [1.54, 1.807) is 18.2 Å². The van der Waals surface area contributed by atoms with Crippen molar-refractivity contribution >= 4 is 16.0 Å². The van der Waals surface area contributed by atoms with E-state index in [-0.39, 0.29) is 11.8 Å². The lowest BCUT2D eigenvalue weighted by Gasteiger charge is -2.22. The van der Waals surface area contributed by atoms with E-state index in [0.717, 1.165) is 5.56 Å². The molecule has 2 heterocycles. The second-order valence-corrected chi connectivity index (χ2v) is 8.62. The van der Waals surface area contributed by atoms with Crippen LogP contribution in [0, 0.1) is 0 Å². The second-order valence-electron chi connectivity index (χ2n) is 6.65. The molecule has 1 aromatic heterocycles. The Kier molecular flexibility index (Phi) is 5.73. The minimum atomic E-state index is -3.64. The third-order valence-corrected chi connectivity index (χ3v) is 6.39. The van der Waals surface area contributed by atoms with E-state index in [0.29, 0.717) is 37.5 Å². The predicted molar refractivity (Wildman–Crippen MR) is 110 cm³/mol. The van der Waals surface area contributed by atoms with Gasteiger partial charge in [0.15, 0.2) is 0 Å². The summed E-state index contributed by atoms with van der Waals surface area (Å²) in [6.45, 7) is 0.859. The van der Waals surface area contributed by atoms with Gasteiger partial charge in [0.25, 0.3) is 0 Å². The number of sulfonamides is 1. The molecule has 8 heteroatoms. The Hall–Kier alpha value is -2.97. The Morgan fingerprint density at radius 3 is 2.28 bits per heavy atom. The van der Waals surface area contributed by atoms with Gasteiger partial charge in [0.05, 0.1) is 10.9 Å². The molecule has 0 saturated carbocycles. The number of para-hydroxylation sites is 1. The van der Waals surface area contributed by atoms with Gasteiger partial charge >= 0.3 is 0 Å². The number of ether oxygens (including phenoxy) is 2. The van der Waals surface area contributed by atoms with E-state index in [1.165, 1.54) is 0 Å². The number of hydrogen-bond acceptors (Lipinski definition) is 6. The number of rotatable bonds is 6. The molecule has 1 saturated heterocycles. The van der Waals surface area contributed by atoms with Gasteiger partial charge < -0.3 is 9.47 Å². The van der Waals surface area contributed by atoms with Crippen molar-refractivity contribution in [1.29, 1.82) is 0 Å². The van der Waals surface area contributed by atoms with Crippen LogP contribution < -0.4 is 9.46 Å². The molecule has 1 aliphatic heterocycles. The molecule has 1 fully saturated rings. The maximum absolute atomic E-state index is 12.8. The molecule has 0 amide bonds. The van der Waals surface area contributed by atoms with Crippen molar-refractivity contribution in [3.63, 3.8) is 0 Å². The van der Waals surface area contributed by atoms with Gasteiger partial charge in [0.2, 0.25) is 21.9 Å². The SMILES string of the molecule is O=S(=O)(Nc1nc(Oc2ccccc2)cc(-c2ccccc2)n1)C1CCOCC1. The molecule has 0 spiro atoms. The van der Waals surface area contributed by atoms with E-state index in [9.17, 15) is 8.42 Å². The highest BCUT2D eigenvalue weighted by Gasteiger charge is 2.28. The average Bonchev–Trinajstić information content (AvgIpc) is 2.75. The zero-order valence-corrected chi connectivity index (χ0v) is 16.5. The lowest BCUT2D eigenvalue weighted by atomic mass is 10.1. The van der Waals surface area contributed by atoms with Crippen LogP contribution in [0.1, 0.15) is 12.8 Å². The van der Waals surface area contributed by atoms with Crippen molar-refractivity contribution in [1.82, 2.24) is 9.97 Å². The summed E-state index contributed by atoms with van der Waals surface area (Å²) in [4.78, 5) is 8.69. The molecule has 1 aliphatic rings. The van der Waals surface area contributed by atoms with E-state index < -0.39 is 15.3 Å². The molecule has 0 unspecified atom stereocenters. The van der Waals surface area contributed by atoms with Gasteiger partial charge in [-0.3, -0.25) is 4.72 Å². The van der Waals surface area contributed by atoms with Crippen molar-refractivity contribution in [3.05, 3.63) is 66.7 Å². The average molecular weight is 411 g/mol. The molecule has 29 heavy (non-hydrogen) atoms. The third-order valence-electron chi connectivity index (χ3n) is 4.58. The fraction of sp³-hybridized carbons (Fsp3) is 0.238. The smallest absolute Gasteiger partial charge is 0.240 e. The monoisotopic (exact) mass is 411 g/mol. The van der Waals surface area contributed by atoms with Gasteiger partial charge in [-0.15, -0.1) is 0 Å². The van der Waals surface area contributed by atoms with E-state index >= 15 is 0 Å². The summed E-state index contributed by atoms with van der Waals surface area (Å²) in [6, 6.07) is 20.4. The minimum Gasteiger partial charge on any atom is -0.439 e. The first-order chi connectivity index (χ1) is 14.1. The minimum absolute atomic E-state index is 0.0104. The highest BCUT2D eigenvalue weighted by atomic mass is 32.2. The molecular formula is C21H21N3O4S. The molecule has 150 valence electrons. The third kappa shape index (κ3) is 4.90. The van der Waals surface area contributed by atoms with Crippen LogP contribution in [-0.4, -0.2) is 36.8 Å². The molecule has 0 bridgehead atoms. The Morgan fingerprint density at radius 2 is 1.59 bits per heavy atom. The molecule has 7 nitrogen and oxygen atoms in total. The summed E-state index contributed by atoms with van der Waals surface area (Å²) in [5.74, 6) is 0.849. The number of aromatic nitrogens is 2. The fourth-order valence-electron chi connectivity index (χ4n) is 3.09. The Labute approximate surface area is 169 Å². The van der Waals surface area contributed by atoms with Gasteiger partial charge in [-0.25, -0.2) is 13.4 Å². The molecular weight excluding hydrogens is 390 g/mol. The molecule has 1 N–H and O–H groups in total.